The molecule has 150 valence electrons. The van der Waals surface area contributed by atoms with Gasteiger partial charge < -0.3 is 4.90 Å². The summed E-state index contributed by atoms with van der Waals surface area (Å²) in [7, 11) is 0. The number of aromatic nitrogens is 4. The van der Waals surface area contributed by atoms with Crippen LogP contribution < -0.4 is 4.90 Å². The first-order valence-corrected chi connectivity index (χ1v) is 10.2. The largest absolute Gasteiger partial charge is 0.369 e. The van der Waals surface area contributed by atoms with Gasteiger partial charge in [-0.1, -0.05) is 29.8 Å². The first-order valence-electron chi connectivity index (χ1n) is 9.84. The van der Waals surface area contributed by atoms with Crippen LogP contribution in [-0.4, -0.2) is 57.4 Å². The van der Waals surface area contributed by atoms with Gasteiger partial charge in [0.2, 0.25) is 0 Å². The molecule has 0 saturated carbocycles. The van der Waals surface area contributed by atoms with Crippen LogP contribution in [0.2, 0.25) is 5.02 Å². The molecule has 3 heterocycles. The summed E-state index contributed by atoms with van der Waals surface area (Å²) in [5.41, 5.74) is 4.54. The van der Waals surface area contributed by atoms with Gasteiger partial charge in [-0.3, -0.25) is 4.90 Å². The van der Waals surface area contributed by atoms with Gasteiger partial charge in [-0.05, 0) is 37.6 Å². The van der Waals surface area contributed by atoms with Gasteiger partial charge in [-0.2, -0.15) is 5.10 Å². The highest BCUT2D eigenvalue weighted by Crippen LogP contribution is 2.27. The van der Waals surface area contributed by atoms with Gasteiger partial charge in [-0.15, -0.1) is 0 Å². The average Bonchev–Trinajstić information content (AvgIpc) is 3.12. The van der Waals surface area contributed by atoms with Crippen LogP contribution in [0.3, 0.4) is 0 Å². The van der Waals surface area contributed by atoms with Crippen LogP contribution in [0.1, 0.15) is 16.8 Å². The third-order valence-electron chi connectivity index (χ3n) is 5.40. The zero-order valence-electron chi connectivity index (χ0n) is 16.8. The van der Waals surface area contributed by atoms with Crippen molar-refractivity contribution in [2.45, 2.75) is 13.8 Å². The van der Waals surface area contributed by atoms with Gasteiger partial charge >= 0.3 is 0 Å². The van der Waals surface area contributed by atoms with Crippen LogP contribution in [-0.2, 0) is 0 Å². The predicted octanol–water partition coefficient (Wildman–Crippen LogP) is 3.77. The van der Waals surface area contributed by atoms with Crippen molar-refractivity contribution in [1.29, 1.82) is 0 Å². The average molecular weight is 409 g/mol. The van der Waals surface area contributed by atoms with Crippen LogP contribution in [0, 0.1) is 13.8 Å². The van der Waals surface area contributed by atoms with Gasteiger partial charge in [0.15, 0.2) is 0 Å². The van der Waals surface area contributed by atoms with Crippen molar-refractivity contribution < 1.29 is 0 Å². The van der Waals surface area contributed by atoms with E-state index in [-0.39, 0.29) is 0 Å². The molecule has 0 N–H and O–H groups in total. The van der Waals surface area contributed by atoms with E-state index in [2.05, 4.69) is 50.0 Å². The highest BCUT2D eigenvalue weighted by atomic mass is 35.5. The van der Waals surface area contributed by atoms with Gasteiger partial charge in [0.1, 0.15) is 0 Å². The molecular weight excluding hydrogens is 384 g/mol. The molecule has 7 heteroatoms. The lowest BCUT2D eigenvalue weighted by atomic mass is 10.1. The van der Waals surface area contributed by atoms with E-state index < -0.39 is 0 Å². The predicted molar refractivity (Wildman–Crippen MR) is 118 cm³/mol. The molecule has 0 amide bonds. The second kappa shape index (κ2) is 8.76. The number of benzene rings is 1. The van der Waals surface area contributed by atoms with E-state index in [0.717, 1.165) is 54.6 Å². The molecule has 0 aliphatic carbocycles. The number of hydrogen-bond donors (Lipinski definition) is 0. The van der Waals surface area contributed by atoms with Crippen LogP contribution in [0.4, 0.5) is 5.69 Å². The van der Waals surface area contributed by atoms with E-state index >= 15 is 0 Å². The molecule has 1 saturated heterocycles. The fourth-order valence-corrected chi connectivity index (χ4v) is 3.80. The Bertz CT molecular complexity index is 990. The third kappa shape index (κ3) is 4.33. The lowest BCUT2D eigenvalue weighted by Gasteiger charge is -2.36. The highest BCUT2D eigenvalue weighted by Gasteiger charge is 2.18. The van der Waals surface area contributed by atoms with Crippen LogP contribution in [0.25, 0.3) is 12.0 Å². The molecule has 0 unspecified atom stereocenters. The van der Waals surface area contributed by atoms with Gasteiger partial charge in [0.05, 0.1) is 11.9 Å². The molecule has 3 aromatic rings. The zero-order valence-corrected chi connectivity index (χ0v) is 17.5. The molecular formula is C22H25ClN6. The van der Waals surface area contributed by atoms with Crippen molar-refractivity contribution in [2.75, 3.05) is 37.6 Å². The molecule has 29 heavy (non-hydrogen) atoms. The lowest BCUT2D eigenvalue weighted by molar-refractivity contribution is 0.284. The molecule has 1 fully saturated rings. The number of piperazine rings is 1. The van der Waals surface area contributed by atoms with E-state index in [1.165, 1.54) is 5.69 Å². The molecule has 0 bridgehead atoms. The topological polar surface area (TPSA) is 50.1 Å². The SMILES string of the molecule is Cc1c(Cl)cccc1N1CCN(C/C=C/c2cnn(-c3ncccn3)c2C)CC1. The summed E-state index contributed by atoms with van der Waals surface area (Å²) in [6.45, 7) is 9.15. The Hall–Kier alpha value is -2.70. The Labute approximate surface area is 176 Å². The maximum atomic E-state index is 6.28. The van der Waals surface area contributed by atoms with Crippen LogP contribution >= 0.6 is 11.6 Å². The van der Waals surface area contributed by atoms with Crippen molar-refractivity contribution in [3.05, 3.63) is 70.8 Å². The van der Waals surface area contributed by atoms with Crippen LogP contribution in [0.15, 0.2) is 48.9 Å². The van der Waals surface area contributed by atoms with E-state index in [1.54, 1.807) is 23.1 Å². The maximum absolute atomic E-state index is 6.28. The van der Waals surface area contributed by atoms with Crippen molar-refractivity contribution in [3.8, 4) is 5.95 Å². The van der Waals surface area contributed by atoms with E-state index in [0.29, 0.717) is 5.95 Å². The Kier molecular flexibility index (Phi) is 5.92. The third-order valence-corrected chi connectivity index (χ3v) is 5.81. The standard InChI is InChI=1S/C22H25ClN6/c1-17-20(23)7-3-8-21(17)28-14-12-27(13-15-28)11-4-6-19-16-26-29(18(19)2)22-24-9-5-10-25-22/h3-10,16H,11-15H2,1-2H3/b6-4+. The molecule has 6 nitrogen and oxygen atoms in total. The quantitative estimate of drug-likeness (QED) is 0.643. The number of nitrogens with zero attached hydrogens (tertiary/aromatic N) is 6. The van der Waals surface area contributed by atoms with E-state index in [4.69, 9.17) is 11.6 Å². The van der Waals surface area contributed by atoms with Gasteiger partial charge in [0, 0.05) is 61.4 Å². The minimum absolute atomic E-state index is 0.595. The molecule has 1 aliphatic heterocycles. The second-order valence-corrected chi connectivity index (χ2v) is 7.63. The van der Waals surface area contributed by atoms with Crippen LogP contribution in [0.5, 0.6) is 0 Å². The number of anilines is 1. The van der Waals surface area contributed by atoms with E-state index in [1.807, 2.05) is 25.3 Å². The number of hydrogen-bond acceptors (Lipinski definition) is 5. The van der Waals surface area contributed by atoms with Gasteiger partial charge in [0.25, 0.3) is 5.95 Å². The molecule has 0 atom stereocenters. The summed E-state index contributed by atoms with van der Waals surface area (Å²) in [6.07, 6.45) is 9.66. The lowest BCUT2D eigenvalue weighted by Crippen LogP contribution is -2.46. The summed E-state index contributed by atoms with van der Waals surface area (Å²) in [6, 6.07) is 7.95. The molecule has 0 radical (unpaired) electrons. The minimum atomic E-state index is 0.595. The summed E-state index contributed by atoms with van der Waals surface area (Å²) < 4.78 is 1.77. The Morgan fingerprint density at radius 1 is 1.03 bits per heavy atom. The smallest absolute Gasteiger partial charge is 0.250 e. The van der Waals surface area contributed by atoms with E-state index in [9.17, 15) is 0 Å². The van der Waals surface area contributed by atoms with Crippen molar-refractivity contribution in [3.63, 3.8) is 0 Å². The Morgan fingerprint density at radius 2 is 1.79 bits per heavy atom. The number of halogens is 1. The molecule has 0 spiro atoms. The fraction of sp³-hybridized carbons (Fsp3) is 0.318. The Balaban J connectivity index is 1.33. The maximum Gasteiger partial charge on any atom is 0.250 e. The number of rotatable bonds is 5. The van der Waals surface area contributed by atoms with Crippen molar-refractivity contribution in [2.24, 2.45) is 0 Å². The summed E-state index contributed by atoms with van der Waals surface area (Å²) >= 11 is 6.28. The molecule has 4 rings (SSSR count). The summed E-state index contributed by atoms with van der Waals surface area (Å²) in [5, 5.41) is 5.26. The molecule has 1 aromatic carbocycles. The molecule has 1 aliphatic rings. The zero-order chi connectivity index (χ0) is 20.2. The summed E-state index contributed by atoms with van der Waals surface area (Å²) in [4.78, 5) is 13.4. The molecule has 2 aromatic heterocycles. The first-order chi connectivity index (χ1) is 14.1. The normalized spacial score (nSPS) is 15.3. The van der Waals surface area contributed by atoms with Gasteiger partial charge in [-0.25, -0.2) is 14.6 Å². The highest BCUT2D eigenvalue weighted by molar-refractivity contribution is 6.31. The Morgan fingerprint density at radius 3 is 2.55 bits per heavy atom. The monoisotopic (exact) mass is 408 g/mol. The van der Waals surface area contributed by atoms with Crippen molar-refractivity contribution >= 4 is 23.4 Å². The summed E-state index contributed by atoms with van der Waals surface area (Å²) in [5.74, 6) is 0.595. The van der Waals surface area contributed by atoms with Crippen molar-refractivity contribution in [1.82, 2.24) is 24.6 Å². The second-order valence-electron chi connectivity index (χ2n) is 7.22. The first kappa shape index (κ1) is 19.6. The fourth-order valence-electron chi connectivity index (χ4n) is 3.63. The minimum Gasteiger partial charge on any atom is -0.369 e.